The fourth-order valence-electron chi connectivity index (χ4n) is 3.34. The second-order valence-electron chi connectivity index (χ2n) is 7.83. The van der Waals surface area contributed by atoms with Crippen molar-refractivity contribution in [3.05, 3.63) is 54.1 Å². The molecule has 1 heterocycles. The highest BCUT2D eigenvalue weighted by molar-refractivity contribution is 7.90. The number of carbonyl (C=O) groups excluding carboxylic acids is 2. The number of hydrogen-bond acceptors (Lipinski definition) is 7. The highest BCUT2D eigenvalue weighted by Crippen LogP contribution is 2.22. The van der Waals surface area contributed by atoms with Gasteiger partial charge >= 0.3 is 5.97 Å². The van der Waals surface area contributed by atoms with Crippen molar-refractivity contribution in [2.45, 2.75) is 42.1 Å². The lowest BCUT2D eigenvalue weighted by Gasteiger charge is -2.25. The van der Waals surface area contributed by atoms with E-state index in [0.717, 1.165) is 25.5 Å². The van der Waals surface area contributed by atoms with Crippen LogP contribution in [0.3, 0.4) is 0 Å². The molecule has 1 aliphatic heterocycles. The van der Waals surface area contributed by atoms with Gasteiger partial charge in [-0.2, -0.15) is 4.31 Å². The third kappa shape index (κ3) is 6.18. The number of hydrogen-bond donors (Lipinski definition) is 1. The van der Waals surface area contributed by atoms with Crippen LogP contribution in [0.2, 0.25) is 0 Å². The zero-order valence-corrected chi connectivity index (χ0v) is 20.0. The van der Waals surface area contributed by atoms with Crippen LogP contribution in [0, 0.1) is 0 Å². The van der Waals surface area contributed by atoms with Crippen LogP contribution >= 0.6 is 0 Å². The van der Waals surface area contributed by atoms with E-state index in [-0.39, 0.29) is 15.4 Å². The third-order valence-electron chi connectivity index (χ3n) is 5.23. The topological polar surface area (TPSA) is 127 Å². The number of carbonyl (C=O) groups is 2. The van der Waals surface area contributed by atoms with Gasteiger partial charge in [0, 0.05) is 25.0 Å². The van der Waals surface area contributed by atoms with E-state index in [2.05, 4.69) is 5.32 Å². The largest absolute Gasteiger partial charge is 0.449 e. The molecule has 0 saturated carbocycles. The molecule has 2 aromatic rings. The molecule has 178 valence electrons. The van der Waals surface area contributed by atoms with Gasteiger partial charge < -0.3 is 10.1 Å². The number of esters is 1. The Bertz CT molecular complexity index is 1230. The van der Waals surface area contributed by atoms with Crippen molar-refractivity contribution in [3.63, 3.8) is 0 Å². The molecule has 1 N–H and O–H groups in total. The normalized spacial score (nSPS) is 16.1. The summed E-state index contributed by atoms with van der Waals surface area (Å²) < 4.78 is 55.4. The number of rotatable bonds is 7. The van der Waals surface area contributed by atoms with Gasteiger partial charge in [0.1, 0.15) is 0 Å². The Hall–Kier alpha value is -2.76. The van der Waals surface area contributed by atoms with Gasteiger partial charge in [0.25, 0.3) is 5.91 Å². The summed E-state index contributed by atoms with van der Waals surface area (Å²) in [5.74, 6) is -1.46. The molecule has 1 aliphatic rings. The summed E-state index contributed by atoms with van der Waals surface area (Å²) in [6.07, 6.45) is 2.54. The number of benzene rings is 2. The first-order chi connectivity index (χ1) is 15.5. The maximum Gasteiger partial charge on any atom is 0.338 e. The van der Waals surface area contributed by atoms with E-state index >= 15 is 0 Å². The summed E-state index contributed by atoms with van der Waals surface area (Å²) in [6, 6.07) is 11.1. The average Bonchev–Trinajstić information content (AvgIpc) is 2.79. The van der Waals surface area contributed by atoms with Gasteiger partial charge in [-0.25, -0.2) is 21.6 Å². The highest BCUT2D eigenvalue weighted by Gasteiger charge is 2.26. The number of amides is 1. The number of nitrogens with zero attached hydrogens (tertiary/aromatic N) is 1. The second-order valence-corrected chi connectivity index (χ2v) is 11.8. The molecule has 1 atom stereocenters. The summed E-state index contributed by atoms with van der Waals surface area (Å²) in [4.78, 5) is 24.9. The van der Waals surface area contributed by atoms with Crippen LogP contribution in [-0.4, -0.2) is 58.5 Å². The van der Waals surface area contributed by atoms with Crippen LogP contribution < -0.4 is 5.32 Å². The van der Waals surface area contributed by atoms with Crippen LogP contribution in [0.5, 0.6) is 0 Å². The number of nitrogens with one attached hydrogen (secondary N) is 1. The minimum Gasteiger partial charge on any atom is -0.449 e. The molecule has 1 unspecified atom stereocenters. The predicted molar refractivity (Wildman–Crippen MR) is 122 cm³/mol. The molecule has 33 heavy (non-hydrogen) atoms. The number of sulfone groups is 1. The van der Waals surface area contributed by atoms with Gasteiger partial charge in [-0.15, -0.1) is 0 Å². The van der Waals surface area contributed by atoms with E-state index in [0.29, 0.717) is 18.8 Å². The Morgan fingerprint density at radius 1 is 0.939 bits per heavy atom. The summed E-state index contributed by atoms with van der Waals surface area (Å²) in [7, 11) is -7.07. The Balaban J connectivity index is 1.62. The maximum atomic E-state index is 12.7. The minimum absolute atomic E-state index is 0.00449. The Kier molecular flexibility index (Phi) is 7.55. The number of sulfonamides is 1. The van der Waals surface area contributed by atoms with E-state index in [4.69, 9.17) is 4.74 Å². The van der Waals surface area contributed by atoms with Crippen LogP contribution in [0.15, 0.2) is 58.3 Å². The molecule has 2 aromatic carbocycles. The smallest absolute Gasteiger partial charge is 0.338 e. The van der Waals surface area contributed by atoms with Gasteiger partial charge in [-0.1, -0.05) is 12.5 Å². The SMILES string of the molecule is CC(OC(=O)c1cccc(S(C)(=O)=O)c1)C(=O)Nc1ccc(S(=O)(=O)N2CCCCC2)cc1. The molecular weight excluding hydrogens is 468 g/mol. The molecular formula is C22H26N2O7S2. The molecule has 0 bridgehead atoms. The summed E-state index contributed by atoms with van der Waals surface area (Å²) in [5, 5.41) is 2.57. The molecule has 0 aliphatic carbocycles. The average molecular weight is 495 g/mol. The predicted octanol–water partition coefficient (Wildman–Crippen LogP) is 2.45. The van der Waals surface area contributed by atoms with E-state index in [1.54, 1.807) is 0 Å². The highest BCUT2D eigenvalue weighted by atomic mass is 32.2. The van der Waals surface area contributed by atoms with Crippen LogP contribution in [0.1, 0.15) is 36.5 Å². The number of piperidine rings is 1. The van der Waals surface area contributed by atoms with Crippen LogP contribution in [-0.2, 0) is 29.4 Å². The summed E-state index contributed by atoms with van der Waals surface area (Å²) >= 11 is 0. The number of anilines is 1. The van der Waals surface area contributed by atoms with Gasteiger partial charge in [-0.05, 0) is 62.2 Å². The van der Waals surface area contributed by atoms with Gasteiger partial charge in [-0.3, -0.25) is 4.79 Å². The maximum absolute atomic E-state index is 12.7. The van der Waals surface area contributed by atoms with E-state index in [1.165, 1.54) is 59.8 Å². The van der Waals surface area contributed by atoms with Crippen molar-refractivity contribution in [2.75, 3.05) is 24.7 Å². The van der Waals surface area contributed by atoms with E-state index in [1.807, 2.05) is 0 Å². The monoisotopic (exact) mass is 494 g/mol. The lowest BCUT2D eigenvalue weighted by molar-refractivity contribution is -0.123. The molecule has 9 nitrogen and oxygen atoms in total. The molecule has 1 fully saturated rings. The van der Waals surface area contributed by atoms with Crippen molar-refractivity contribution in [1.82, 2.24) is 4.31 Å². The fourth-order valence-corrected chi connectivity index (χ4v) is 5.53. The Morgan fingerprint density at radius 3 is 2.18 bits per heavy atom. The van der Waals surface area contributed by atoms with Crippen LogP contribution in [0.25, 0.3) is 0 Å². The van der Waals surface area contributed by atoms with Crippen molar-refractivity contribution >= 4 is 37.4 Å². The first-order valence-electron chi connectivity index (χ1n) is 10.4. The molecule has 1 amide bonds. The first-order valence-corrected chi connectivity index (χ1v) is 13.7. The molecule has 1 saturated heterocycles. The molecule has 0 radical (unpaired) electrons. The summed E-state index contributed by atoms with van der Waals surface area (Å²) in [6.45, 7) is 2.37. The van der Waals surface area contributed by atoms with Crippen LogP contribution in [0.4, 0.5) is 5.69 Å². The number of ether oxygens (including phenoxy) is 1. The second kappa shape index (κ2) is 10.0. The minimum atomic E-state index is -3.58. The fraction of sp³-hybridized carbons (Fsp3) is 0.364. The third-order valence-corrected chi connectivity index (χ3v) is 8.25. The Labute approximate surface area is 193 Å². The standard InChI is InChI=1S/C22H26N2O7S2/c1-16(31-22(26)17-7-6-8-20(15-17)32(2,27)28)21(25)23-18-9-11-19(12-10-18)33(29,30)24-13-4-3-5-14-24/h6-12,15-16H,3-5,13-14H2,1-2H3,(H,23,25). The first kappa shape index (κ1) is 24.9. The lowest BCUT2D eigenvalue weighted by atomic mass is 10.2. The van der Waals surface area contributed by atoms with Gasteiger partial charge in [0.2, 0.25) is 10.0 Å². The molecule has 0 aromatic heterocycles. The van der Waals surface area contributed by atoms with Gasteiger partial charge in [0.15, 0.2) is 15.9 Å². The molecule has 0 spiro atoms. The van der Waals surface area contributed by atoms with Gasteiger partial charge in [0.05, 0.1) is 15.4 Å². The Morgan fingerprint density at radius 2 is 1.58 bits per heavy atom. The van der Waals surface area contributed by atoms with Crippen molar-refractivity contribution in [1.29, 1.82) is 0 Å². The lowest BCUT2D eigenvalue weighted by Crippen LogP contribution is -2.35. The zero-order valence-electron chi connectivity index (χ0n) is 18.4. The van der Waals surface area contributed by atoms with Crippen molar-refractivity contribution < 1.29 is 31.2 Å². The van der Waals surface area contributed by atoms with E-state index in [9.17, 15) is 26.4 Å². The van der Waals surface area contributed by atoms with Crippen molar-refractivity contribution in [3.8, 4) is 0 Å². The quantitative estimate of drug-likeness (QED) is 0.586. The summed E-state index contributed by atoms with van der Waals surface area (Å²) in [5.41, 5.74) is 0.351. The van der Waals surface area contributed by atoms with E-state index < -0.39 is 37.8 Å². The van der Waals surface area contributed by atoms with Crippen molar-refractivity contribution in [2.24, 2.45) is 0 Å². The molecule has 3 rings (SSSR count). The molecule has 11 heteroatoms. The zero-order chi connectivity index (χ0) is 24.2.